The molecule has 3 aromatic rings. The van der Waals surface area contributed by atoms with Crippen LogP contribution in [0.2, 0.25) is 0 Å². The largest absolute Gasteiger partial charge is 0.459 e. The first kappa shape index (κ1) is 18.5. The molecule has 138 valence electrons. The van der Waals surface area contributed by atoms with E-state index in [4.69, 9.17) is 4.42 Å². The predicted octanol–water partition coefficient (Wildman–Crippen LogP) is 3.80. The Morgan fingerprint density at radius 3 is 2.74 bits per heavy atom. The lowest BCUT2D eigenvalue weighted by molar-refractivity contribution is -0.115. The van der Waals surface area contributed by atoms with E-state index in [1.165, 1.54) is 30.7 Å². The Bertz CT molecular complexity index is 992. The number of thiazole rings is 1. The van der Waals surface area contributed by atoms with Gasteiger partial charge in [0.05, 0.1) is 23.9 Å². The smallest absolute Gasteiger partial charge is 0.307 e. The molecule has 0 aliphatic rings. The van der Waals surface area contributed by atoms with Gasteiger partial charge in [-0.25, -0.2) is 10.4 Å². The van der Waals surface area contributed by atoms with Gasteiger partial charge >= 0.3 is 5.91 Å². The molecule has 0 aliphatic carbocycles. The van der Waals surface area contributed by atoms with E-state index in [1.54, 1.807) is 22.4 Å². The van der Waals surface area contributed by atoms with Crippen molar-refractivity contribution < 1.29 is 14.0 Å². The lowest BCUT2D eigenvalue weighted by Gasteiger charge is -2.19. The predicted molar refractivity (Wildman–Crippen MR) is 105 cm³/mol. The minimum Gasteiger partial charge on any atom is -0.459 e. The zero-order valence-electron chi connectivity index (χ0n) is 15.1. The maximum Gasteiger partial charge on any atom is 0.307 e. The molecular formula is C19H18N4O3S. The SMILES string of the molecule is CC(=O)N(c1ccc(C)c(C)c1)c1nc(/C=N\NC(=O)c2ccco2)cs1. The average molecular weight is 382 g/mol. The molecule has 2 amide bonds. The summed E-state index contributed by atoms with van der Waals surface area (Å²) in [6.45, 7) is 5.51. The molecule has 0 aliphatic heterocycles. The Kier molecular flexibility index (Phi) is 5.46. The molecule has 8 heteroatoms. The maximum absolute atomic E-state index is 12.2. The van der Waals surface area contributed by atoms with Crippen LogP contribution in [0.4, 0.5) is 10.8 Å². The number of aryl methyl sites for hydroxylation is 2. The second-order valence-corrected chi connectivity index (χ2v) is 6.69. The van der Waals surface area contributed by atoms with Gasteiger partial charge in [-0.05, 0) is 49.2 Å². The first-order valence-corrected chi connectivity index (χ1v) is 9.04. The summed E-state index contributed by atoms with van der Waals surface area (Å²) in [5, 5.41) is 6.16. The van der Waals surface area contributed by atoms with E-state index in [0.717, 1.165) is 16.8 Å². The number of rotatable bonds is 5. The van der Waals surface area contributed by atoms with Crippen LogP contribution in [-0.4, -0.2) is 23.0 Å². The summed E-state index contributed by atoms with van der Waals surface area (Å²) in [6, 6.07) is 8.98. The Morgan fingerprint density at radius 2 is 2.07 bits per heavy atom. The van der Waals surface area contributed by atoms with Crippen molar-refractivity contribution in [3.8, 4) is 0 Å². The van der Waals surface area contributed by atoms with Crippen LogP contribution in [0.25, 0.3) is 0 Å². The molecule has 1 aromatic carbocycles. The van der Waals surface area contributed by atoms with E-state index in [2.05, 4.69) is 15.5 Å². The Morgan fingerprint density at radius 1 is 1.26 bits per heavy atom. The Balaban J connectivity index is 1.76. The number of amides is 2. The number of hydrogen-bond acceptors (Lipinski definition) is 6. The van der Waals surface area contributed by atoms with Crippen LogP contribution in [0.5, 0.6) is 0 Å². The summed E-state index contributed by atoms with van der Waals surface area (Å²) in [7, 11) is 0. The number of benzene rings is 1. The topological polar surface area (TPSA) is 87.8 Å². The molecule has 3 rings (SSSR count). The number of nitrogens with zero attached hydrogens (tertiary/aromatic N) is 3. The van der Waals surface area contributed by atoms with Crippen LogP contribution in [0.3, 0.4) is 0 Å². The highest BCUT2D eigenvalue weighted by Gasteiger charge is 2.18. The number of carbonyl (C=O) groups excluding carboxylic acids is 2. The number of anilines is 2. The monoisotopic (exact) mass is 382 g/mol. The van der Waals surface area contributed by atoms with Crippen LogP contribution >= 0.6 is 11.3 Å². The van der Waals surface area contributed by atoms with Crippen LogP contribution in [-0.2, 0) is 4.79 Å². The number of hydrogen-bond donors (Lipinski definition) is 1. The molecule has 27 heavy (non-hydrogen) atoms. The van der Waals surface area contributed by atoms with E-state index < -0.39 is 5.91 Å². The quantitative estimate of drug-likeness (QED) is 0.537. The van der Waals surface area contributed by atoms with Gasteiger partial charge in [0, 0.05) is 12.3 Å². The van der Waals surface area contributed by atoms with E-state index in [0.29, 0.717) is 10.8 Å². The number of furan rings is 1. The van der Waals surface area contributed by atoms with Crippen molar-refractivity contribution in [3.63, 3.8) is 0 Å². The van der Waals surface area contributed by atoms with E-state index in [9.17, 15) is 9.59 Å². The van der Waals surface area contributed by atoms with Crippen molar-refractivity contribution >= 4 is 40.2 Å². The van der Waals surface area contributed by atoms with Gasteiger partial charge in [-0.1, -0.05) is 6.07 Å². The molecule has 1 N–H and O–H groups in total. The highest BCUT2D eigenvalue weighted by molar-refractivity contribution is 7.14. The zero-order chi connectivity index (χ0) is 19.4. The third kappa shape index (κ3) is 4.29. The summed E-state index contributed by atoms with van der Waals surface area (Å²) in [5.74, 6) is -0.418. The molecule has 0 spiro atoms. The molecule has 0 bridgehead atoms. The highest BCUT2D eigenvalue weighted by Crippen LogP contribution is 2.29. The number of nitrogens with one attached hydrogen (secondary N) is 1. The first-order valence-electron chi connectivity index (χ1n) is 8.16. The molecule has 2 aromatic heterocycles. The van der Waals surface area contributed by atoms with Crippen LogP contribution in [0, 0.1) is 13.8 Å². The van der Waals surface area contributed by atoms with Gasteiger partial charge in [-0.3, -0.25) is 14.5 Å². The van der Waals surface area contributed by atoms with Gasteiger partial charge in [0.25, 0.3) is 0 Å². The number of aromatic nitrogens is 1. The third-order valence-electron chi connectivity index (χ3n) is 3.87. The maximum atomic E-state index is 12.2. The molecule has 0 saturated heterocycles. The molecule has 2 heterocycles. The fraction of sp³-hybridized carbons (Fsp3) is 0.158. The second-order valence-electron chi connectivity index (χ2n) is 5.85. The first-order chi connectivity index (χ1) is 13.0. The van der Waals surface area contributed by atoms with Crippen molar-refractivity contribution in [3.05, 3.63) is 64.6 Å². The van der Waals surface area contributed by atoms with Gasteiger partial charge in [-0.2, -0.15) is 5.10 Å². The van der Waals surface area contributed by atoms with Gasteiger partial charge in [0.15, 0.2) is 10.9 Å². The van der Waals surface area contributed by atoms with Crippen molar-refractivity contribution in [2.45, 2.75) is 20.8 Å². The van der Waals surface area contributed by atoms with Crippen molar-refractivity contribution in [2.75, 3.05) is 4.90 Å². The molecule has 0 radical (unpaired) electrons. The fourth-order valence-corrected chi connectivity index (χ4v) is 3.19. The molecule has 0 fully saturated rings. The van der Waals surface area contributed by atoms with Crippen LogP contribution in [0.1, 0.15) is 34.3 Å². The van der Waals surface area contributed by atoms with E-state index in [-0.39, 0.29) is 11.7 Å². The summed E-state index contributed by atoms with van der Waals surface area (Å²) in [4.78, 5) is 29.9. The summed E-state index contributed by atoms with van der Waals surface area (Å²) >= 11 is 1.32. The zero-order valence-corrected chi connectivity index (χ0v) is 15.9. The Hall–Kier alpha value is -3.26. The summed E-state index contributed by atoms with van der Waals surface area (Å²) < 4.78 is 4.98. The summed E-state index contributed by atoms with van der Waals surface area (Å²) in [5.41, 5.74) is 5.90. The standard InChI is InChI=1S/C19H18N4O3S/c1-12-6-7-16(9-13(12)2)23(14(3)24)19-21-15(11-27-19)10-20-22-18(25)17-5-4-8-26-17/h4-11H,1-3H3,(H,22,25)/b20-10-. The van der Waals surface area contributed by atoms with E-state index >= 15 is 0 Å². The minimum absolute atomic E-state index is 0.137. The van der Waals surface area contributed by atoms with Gasteiger partial charge in [0.1, 0.15) is 0 Å². The lowest BCUT2D eigenvalue weighted by Crippen LogP contribution is -2.22. The third-order valence-corrected chi connectivity index (χ3v) is 4.72. The van der Waals surface area contributed by atoms with Gasteiger partial charge < -0.3 is 4.42 Å². The van der Waals surface area contributed by atoms with Crippen LogP contribution in [0.15, 0.2) is 51.5 Å². The number of carbonyl (C=O) groups is 2. The molecule has 0 unspecified atom stereocenters. The second kappa shape index (κ2) is 7.96. The number of hydrazone groups is 1. The minimum atomic E-state index is -0.452. The lowest BCUT2D eigenvalue weighted by atomic mass is 10.1. The normalized spacial score (nSPS) is 10.9. The van der Waals surface area contributed by atoms with Crippen molar-refractivity contribution in [1.82, 2.24) is 10.4 Å². The molecular weight excluding hydrogens is 364 g/mol. The molecule has 7 nitrogen and oxygen atoms in total. The van der Waals surface area contributed by atoms with E-state index in [1.807, 2.05) is 32.0 Å². The van der Waals surface area contributed by atoms with Gasteiger partial charge in [-0.15, -0.1) is 11.3 Å². The van der Waals surface area contributed by atoms with Crippen LogP contribution < -0.4 is 10.3 Å². The summed E-state index contributed by atoms with van der Waals surface area (Å²) in [6.07, 6.45) is 2.83. The highest BCUT2D eigenvalue weighted by atomic mass is 32.1. The van der Waals surface area contributed by atoms with Gasteiger partial charge in [0.2, 0.25) is 5.91 Å². The van der Waals surface area contributed by atoms with Crippen molar-refractivity contribution in [2.24, 2.45) is 5.10 Å². The molecule has 0 saturated carbocycles. The van der Waals surface area contributed by atoms with Crippen molar-refractivity contribution in [1.29, 1.82) is 0 Å². The Labute approximate surface area is 160 Å². The molecule has 0 atom stereocenters. The average Bonchev–Trinajstić information content (AvgIpc) is 3.30. The fourth-order valence-electron chi connectivity index (χ4n) is 2.35.